The number of hydrogen-bond donors (Lipinski definition) is 1. The fourth-order valence-corrected chi connectivity index (χ4v) is 2.94. The van der Waals surface area contributed by atoms with Gasteiger partial charge in [0.15, 0.2) is 0 Å². The maximum Gasteiger partial charge on any atom is 0.355 e. The highest BCUT2D eigenvalue weighted by Gasteiger charge is 2.41. The van der Waals surface area contributed by atoms with Gasteiger partial charge in [0.1, 0.15) is 5.70 Å². The third kappa shape index (κ3) is 4.39. The fraction of sp³-hybridized carbons (Fsp3) is 0.400. The first-order chi connectivity index (χ1) is 13.5. The highest BCUT2D eigenvalue weighted by atomic mass is 16.5. The molecule has 0 bridgehead atoms. The number of dihydropyridines is 1. The zero-order chi connectivity index (χ0) is 20.7. The molecule has 2 heterocycles. The lowest BCUT2D eigenvalue weighted by Gasteiger charge is -2.29. The van der Waals surface area contributed by atoms with Gasteiger partial charge in [0.2, 0.25) is 0 Å². The van der Waals surface area contributed by atoms with Crippen molar-refractivity contribution in [3.63, 3.8) is 0 Å². The van der Waals surface area contributed by atoms with Crippen LogP contribution in [-0.4, -0.2) is 42.7 Å². The van der Waals surface area contributed by atoms with E-state index in [1.165, 1.54) is 0 Å². The number of nitrogens with zero attached hydrogens (tertiary/aromatic N) is 1. The van der Waals surface area contributed by atoms with Crippen LogP contribution in [0, 0.1) is 0 Å². The summed E-state index contributed by atoms with van der Waals surface area (Å²) in [6.07, 6.45) is 1.54. The SMILES string of the molecule is CCOC(=O)C1=C(C(=O)OCC)C(c2ccccn2)C(C(=O)OCC)=C(C)N1. The third-order valence-electron chi connectivity index (χ3n) is 4.02. The summed E-state index contributed by atoms with van der Waals surface area (Å²) >= 11 is 0. The summed E-state index contributed by atoms with van der Waals surface area (Å²) in [5, 5.41) is 2.83. The molecule has 0 radical (unpaired) electrons. The topological polar surface area (TPSA) is 104 Å². The third-order valence-corrected chi connectivity index (χ3v) is 4.02. The molecule has 0 saturated carbocycles. The summed E-state index contributed by atoms with van der Waals surface area (Å²) in [6.45, 7) is 7.02. The number of pyridine rings is 1. The number of allylic oxidation sites excluding steroid dienone is 1. The Morgan fingerprint density at radius 3 is 2.04 bits per heavy atom. The van der Waals surface area contributed by atoms with E-state index in [1.807, 2.05) is 0 Å². The van der Waals surface area contributed by atoms with Gasteiger partial charge >= 0.3 is 17.9 Å². The standard InChI is InChI=1S/C20H24N2O6/c1-5-26-18(23)14-12(4)22-17(20(25)28-7-3)16(19(24)27-6-2)15(14)13-10-8-9-11-21-13/h8-11,15,22H,5-7H2,1-4H3. The van der Waals surface area contributed by atoms with Crippen molar-refractivity contribution < 1.29 is 28.6 Å². The Hall–Kier alpha value is -3.16. The number of carbonyl (C=O) groups is 3. The minimum absolute atomic E-state index is 0.0346. The molecular weight excluding hydrogens is 364 g/mol. The average molecular weight is 388 g/mol. The normalized spacial score (nSPS) is 16.4. The summed E-state index contributed by atoms with van der Waals surface area (Å²) < 4.78 is 15.4. The first-order valence-corrected chi connectivity index (χ1v) is 9.10. The first kappa shape index (κ1) is 21.1. The molecule has 1 atom stereocenters. The van der Waals surface area contributed by atoms with Gasteiger partial charge in [0.25, 0.3) is 0 Å². The van der Waals surface area contributed by atoms with Crippen molar-refractivity contribution >= 4 is 17.9 Å². The van der Waals surface area contributed by atoms with Crippen molar-refractivity contribution in [2.45, 2.75) is 33.6 Å². The number of carbonyl (C=O) groups excluding carboxylic acids is 3. The Bertz CT molecular complexity index is 813. The Labute approximate surface area is 163 Å². The van der Waals surface area contributed by atoms with Crippen LogP contribution in [-0.2, 0) is 28.6 Å². The second-order valence-corrected chi connectivity index (χ2v) is 5.80. The van der Waals surface area contributed by atoms with Crippen LogP contribution < -0.4 is 5.32 Å². The highest BCUT2D eigenvalue weighted by Crippen LogP contribution is 2.38. The van der Waals surface area contributed by atoms with Crippen LogP contribution in [0.4, 0.5) is 0 Å². The van der Waals surface area contributed by atoms with Crippen LogP contribution in [0.2, 0.25) is 0 Å². The Morgan fingerprint density at radius 2 is 1.50 bits per heavy atom. The zero-order valence-electron chi connectivity index (χ0n) is 16.4. The van der Waals surface area contributed by atoms with E-state index in [2.05, 4.69) is 10.3 Å². The van der Waals surface area contributed by atoms with E-state index in [0.29, 0.717) is 11.4 Å². The van der Waals surface area contributed by atoms with Crippen molar-refractivity contribution in [2.75, 3.05) is 19.8 Å². The lowest BCUT2D eigenvalue weighted by molar-refractivity contribution is -0.143. The number of rotatable bonds is 7. The second-order valence-electron chi connectivity index (χ2n) is 5.80. The molecule has 28 heavy (non-hydrogen) atoms. The zero-order valence-corrected chi connectivity index (χ0v) is 16.4. The van der Waals surface area contributed by atoms with Crippen molar-refractivity contribution in [1.82, 2.24) is 10.3 Å². The van der Waals surface area contributed by atoms with Gasteiger partial charge in [-0.3, -0.25) is 4.98 Å². The Balaban J connectivity index is 2.72. The van der Waals surface area contributed by atoms with E-state index in [-0.39, 0.29) is 36.7 Å². The van der Waals surface area contributed by atoms with E-state index in [1.54, 1.807) is 52.1 Å². The number of esters is 3. The van der Waals surface area contributed by atoms with E-state index in [4.69, 9.17) is 14.2 Å². The van der Waals surface area contributed by atoms with Gasteiger partial charge in [-0.15, -0.1) is 0 Å². The molecule has 0 amide bonds. The van der Waals surface area contributed by atoms with Gasteiger partial charge in [-0.05, 0) is 39.8 Å². The molecule has 1 aromatic heterocycles. The van der Waals surface area contributed by atoms with Gasteiger partial charge in [0, 0.05) is 11.9 Å². The first-order valence-electron chi connectivity index (χ1n) is 9.10. The average Bonchev–Trinajstić information content (AvgIpc) is 2.68. The lowest BCUT2D eigenvalue weighted by atomic mass is 9.82. The molecule has 1 unspecified atom stereocenters. The molecule has 150 valence electrons. The second kappa shape index (κ2) is 9.68. The van der Waals surface area contributed by atoms with Crippen LogP contribution in [0.1, 0.15) is 39.3 Å². The van der Waals surface area contributed by atoms with Crippen molar-refractivity contribution in [3.8, 4) is 0 Å². The van der Waals surface area contributed by atoms with E-state index in [0.717, 1.165) is 0 Å². The van der Waals surface area contributed by atoms with Gasteiger partial charge in [-0.1, -0.05) is 6.07 Å². The summed E-state index contributed by atoms with van der Waals surface area (Å²) in [6, 6.07) is 5.12. The predicted molar refractivity (Wildman–Crippen MR) is 99.7 cm³/mol. The van der Waals surface area contributed by atoms with Crippen molar-refractivity contribution in [2.24, 2.45) is 0 Å². The largest absolute Gasteiger partial charge is 0.463 e. The van der Waals surface area contributed by atoms with E-state index < -0.39 is 23.8 Å². The van der Waals surface area contributed by atoms with Gasteiger partial charge in [0.05, 0.1) is 42.6 Å². The quantitative estimate of drug-likeness (QED) is 0.559. The van der Waals surface area contributed by atoms with Gasteiger partial charge in [-0.2, -0.15) is 0 Å². The smallest absolute Gasteiger partial charge is 0.355 e. The number of aromatic nitrogens is 1. The van der Waals surface area contributed by atoms with Crippen molar-refractivity contribution in [3.05, 3.63) is 52.6 Å². The molecule has 0 fully saturated rings. The highest BCUT2D eigenvalue weighted by molar-refractivity contribution is 6.06. The molecule has 1 N–H and O–H groups in total. The summed E-state index contributed by atoms with van der Waals surface area (Å²) in [7, 11) is 0. The van der Waals surface area contributed by atoms with Crippen molar-refractivity contribution in [1.29, 1.82) is 0 Å². The van der Waals surface area contributed by atoms with E-state index >= 15 is 0 Å². The molecule has 0 aliphatic carbocycles. The summed E-state index contributed by atoms with van der Waals surface area (Å²) in [5.74, 6) is -2.98. The monoisotopic (exact) mass is 388 g/mol. The summed E-state index contributed by atoms with van der Waals surface area (Å²) in [4.78, 5) is 42.3. The molecule has 1 aromatic rings. The summed E-state index contributed by atoms with van der Waals surface area (Å²) in [5.41, 5.74) is 0.882. The molecule has 8 nitrogen and oxygen atoms in total. The number of nitrogens with one attached hydrogen (secondary N) is 1. The minimum Gasteiger partial charge on any atom is -0.463 e. The van der Waals surface area contributed by atoms with Gasteiger partial charge < -0.3 is 19.5 Å². The molecule has 1 aliphatic rings. The maximum atomic E-state index is 12.8. The fourth-order valence-electron chi connectivity index (χ4n) is 2.94. The number of hydrogen-bond acceptors (Lipinski definition) is 8. The molecule has 8 heteroatoms. The van der Waals surface area contributed by atoms with Crippen LogP contribution in [0.25, 0.3) is 0 Å². The number of ether oxygens (including phenoxy) is 3. The van der Waals surface area contributed by atoms with Crippen LogP contribution >= 0.6 is 0 Å². The molecular formula is C20H24N2O6. The molecule has 0 spiro atoms. The minimum atomic E-state index is -0.931. The van der Waals surface area contributed by atoms with E-state index in [9.17, 15) is 14.4 Å². The molecule has 1 aliphatic heterocycles. The predicted octanol–water partition coefficient (Wildman–Crippen LogP) is 1.99. The van der Waals surface area contributed by atoms with Crippen LogP contribution in [0.5, 0.6) is 0 Å². The van der Waals surface area contributed by atoms with Crippen LogP contribution in [0.3, 0.4) is 0 Å². The molecule has 0 saturated heterocycles. The molecule has 0 aromatic carbocycles. The van der Waals surface area contributed by atoms with Crippen LogP contribution in [0.15, 0.2) is 46.9 Å². The maximum absolute atomic E-state index is 12.8. The Kier molecular flexibility index (Phi) is 7.31. The van der Waals surface area contributed by atoms with Gasteiger partial charge in [-0.25, -0.2) is 14.4 Å². The molecule has 2 rings (SSSR count). The Morgan fingerprint density at radius 1 is 0.929 bits per heavy atom. The lowest BCUT2D eigenvalue weighted by Crippen LogP contribution is -2.37.